The van der Waals surface area contributed by atoms with Crippen molar-refractivity contribution in [1.29, 1.82) is 0 Å². The first-order valence-corrected chi connectivity index (χ1v) is 44.8. The first-order valence-electron chi connectivity index (χ1n) is 37.9. The van der Waals surface area contributed by atoms with Gasteiger partial charge in [0.1, 0.15) is 28.7 Å². The number of ether oxygens (including phenoxy) is 2. The van der Waals surface area contributed by atoms with Crippen molar-refractivity contribution in [2.24, 2.45) is 0 Å². The minimum atomic E-state index is -0.805. The standard InChI is InChI=1S/C16H24O3S.C15H22O3S.C14H20O3S.C12H16O2S.C11H14O2S.C10H12O3S.C9H10O3S/c17-14-10-7-8-11-15(14)20-13-9-5-3-1-2-4-6-12-16(18)19;1-18-13-8-10-14(11-9-13)19-12-6-4-2-3-5-7-15(16)17;15-12-7-9-13(10-8-12)18-11-5-3-1-2-4-6-14(16)17;1-9-5-6-10(2)11(8-9)15-7-3-4-12(13)14;1-8-3-4-9(2)10(7-8)14-6-5-11(12)13;11-8-4-1-2-5-9(8)14-7-3-6-10(12)13;1-12-7-2-4-8(5-3-7)13-6-9(10)11/h7-8,10-11,17H,1-6,9,12-13H2,(H,18,19);8-11H,2-7,12H2,1H3,(H,16,17);7-10,15H,1-6,11H2,(H,16,17);5-6,8H,3-4,7H2,1-2H3,(H,13,14);3-4,7H,5-6H2,1-2H3,(H,12,13);1-2,4-5,11H,3,6-7H2,(H,12,13);2-5H,6H2,1H3,(H,10,11). The summed E-state index contributed by atoms with van der Waals surface area (Å²) in [4.78, 5) is 79.7. The molecule has 0 bridgehead atoms. The fraction of sp³-hybridized carbons (Fsp3) is 0.437. The van der Waals surface area contributed by atoms with Crippen molar-refractivity contribution in [3.63, 3.8) is 0 Å². The third kappa shape index (κ3) is 60.5. The number of thioether (sulfide) groups is 7. The summed E-state index contributed by atoms with van der Waals surface area (Å²) < 4.78 is 10.1. The monoisotopic (exact) mass is 1690 g/mol. The van der Waals surface area contributed by atoms with Crippen LogP contribution in [0.25, 0.3) is 0 Å². The molecule has 0 aromatic heterocycles. The van der Waals surface area contributed by atoms with Gasteiger partial charge in [0.25, 0.3) is 0 Å². The molecule has 0 saturated heterocycles. The Balaban J connectivity index is 0.000000662. The molecule has 0 saturated carbocycles. The maximum atomic E-state index is 10.3. The number of aliphatic carboxylic acids is 7. The molecule has 7 aromatic carbocycles. The number of para-hydroxylation sites is 2. The van der Waals surface area contributed by atoms with Gasteiger partial charge in [0.15, 0.2) is 0 Å². The number of carboxylic acid groups (broad SMARTS) is 7. The van der Waals surface area contributed by atoms with Gasteiger partial charge in [-0.2, -0.15) is 0 Å². The van der Waals surface area contributed by atoms with Gasteiger partial charge < -0.3 is 60.5 Å². The predicted molar refractivity (Wildman–Crippen MR) is 466 cm³/mol. The number of unbranched alkanes of at least 4 members (excludes halogenated alkanes) is 14. The molecule has 0 aliphatic carbocycles. The lowest BCUT2D eigenvalue weighted by Crippen LogP contribution is -1.97. The van der Waals surface area contributed by atoms with Gasteiger partial charge >= 0.3 is 41.8 Å². The Morgan fingerprint density at radius 1 is 0.274 bits per heavy atom. The van der Waals surface area contributed by atoms with Crippen molar-refractivity contribution in [2.75, 3.05) is 54.5 Å². The molecule has 0 atom stereocenters. The van der Waals surface area contributed by atoms with Crippen molar-refractivity contribution in [1.82, 2.24) is 0 Å². The van der Waals surface area contributed by atoms with E-state index in [1.54, 1.807) is 91.6 Å². The Kier molecular flexibility index (Phi) is 61.8. The Morgan fingerprint density at radius 2 is 0.558 bits per heavy atom. The number of phenolic OH excluding ortho intramolecular Hbond substituents is 3. The van der Waals surface area contributed by atoms with Crippen LogP contribution in [0.3, 0.4) is 0 Å². The Labute approximate surface area is 698 Å². The highest BCUT2D eigenvalue weighted by molar-refractivity contribution is 8.00. The Bertz CT molecular complexity index is 3730. The van der Waals surface area contributed by atoms with Crippen LogP contribution in [0.1, 0.15) is 183 Å². The van der Waals surface area contributed by atoms with Crippen molar-refractivity contribution >= 4 is 124 Å². The SMILES string of the molecule is COc1ccc(SCC(=O)O)cc1.COc1ccc(SCCCCCCCC(=O)O)cc1.Cc1ccc(C)c(SCCC(=O)O)c1.Cc1ccc(C)c(SCCCC(=O)O)c1.O=C(O)CCCCCCCCCSc1ccccc1O.O=C(O)CCCCCCCSc1ccc(O)cc1.O=C(O)CCCSc1ccccc1O. The Morgan fingerprint density at radius 3 is 0.894 bits per heavy atom. The summed E-state index contributed by atoms with van der Waals surface area (Å²) in [6.07, 6.45) is 21.2. The molecular formula is C87H118O19S7. The average molecular weight is 1690 g/mol. The molecule has 0 amide bonds. The molecule has 7 rings (SSSR count). The molecule has 622 valence electrons. The van der Waals surface area contributed by atoms with E-state index in [1.165, 1.54) is 97.5 Å². The summed E-state index contributed by atoms with van der Waals surface area (Å²) >= 11 is 11.5. The van der Waals surface area contributed by atoms with Gasteiger partial charge in [0.05, 0.1) is 26.4 Å². The predicted octanol–water partition coefficient (Wildman–Crippen LogP) is 23.2. The number of aromatic hydroxyl groups is 3. The van der Waals surface area contributed by atoms with Gasteiger partial charge in [-0.15, -0.1) is 82.3 Å². The van der Waals surface area contributed by atoms with E-state index in [2.05, 4.69) is 62.4 Å². The first-order chi connectivity index (χ1) is 54.2. The van der Waals surface area contributed by atoms with Gasteiger partial charge in [-0.1, -0.05) is 130 Å². The van der Waals surface area contributed by atoms with E-state index in [0.29, 0.717) is 48.7 Å². The minimum absolute atomic E-state index is 0.0896. The second-order valence-corrected chi connectivity index (χ2v) is 33.6. The second kappa shape index (κ2) is 67.6. The molecule has 0 aliphatic rings. The van der Waals surface area contributed by atoms with Crippen molar-refractivity contribution in [3.05, 3.63) is 180 Å². The zero-order valence-corrected chi connectivity index (χ0v) is 71.9. The summed E-state index contributed by atoms with van der Waals surface area (Å²) in [5.74, 6) is 3.05. The lowest BCUT2D eigenvalue weighted by atomic mass is 10.1. The summed E-state index contributed by atoms with van der Waals surface area (Å²) in [7, 11) is 3.27. The maximum Gasteiger partial charge on any atom is 0.313 e. The number of methoxy groups -OCH3 is 2. The number of benzene rings is 7. The number of hydrogen-bond acceptors (Lipinski definition) is 19. The number of aryl methyl sites for hydroxylation is 4. The van der Waals surface area contributed by atoms with Crippen LogP contribution in [0.2, 0.25) is 0 Å². The molecule has 10 N–H and O–H groups in total. The van der Waals surface area contributed by atoms with Crippen LogP contribution in [0.15, 0.2) is 192 Å². The molecule has 26 heteroatoms. The van der Waals surface area contributed by atoms with Crippen molar-refractivity contribution < 1.29 is 94.1 Å². The summed E-state index contributed by atoms with van der Waals surface area (Å²) in [6.45, 7) is 8.24. The molecule has 0 aliphatic heterocycles. The lowest BCUT2D eigenvalue weighted by Gasteiger charge is -2.05. The number of carboxylic acids is 7. The molecule has 7 aromatic rings. The molecule has 0 unspecified atom stereocenters. The topological polar surface area (TPSA) is 340 Å². The normalized spacial score (nSPS) is 10.2. The highest BCUT2D eigenvalue weighted by Crippen LogP contribution is 2.32. The zero-order valence-electron chi connectivity index (χ0n) is 66.1. The zero-order chi connectivity index (χ0) is 83.7. The van der Waals surface area contributed by atoms with Gasteiger partial charge in [-0.3, -0.25) is 33.6 Å². The summed E-state index contributed by atoms with van der Waals surface area (Å²) in [6, 6.07) is 49.8. The minimum Gasteiger partial charge on any atom is -0.508 e. The number of rotatable bonds is 48. The van der Waals surface area contributed by atoms with Gasteiger partial charge in [0, 0.05) is 72.1 Å². The molecule has 19 nitrogen and oxygen atoms in total. The van der Waals surface area contributed by atoms with Crippen molar-refractivity contribution in [2.45, 2.75) is 222 Å². The van der Waals surface area contributed by atoms with E-state index in [9.17, 15) is 43.8 Å². The Hall–Kier alpha value is -7.72. The fourth-order valence-electron chi connectivity index (χ4n) is 9.62. The largest absolute Gasteiger partial charge is 0.508 e. The molecule has 113 heavy (non-hydrogen) atoms. The highest BCUT2D eigenvalue weighted by atomic mass is 32.2. The molecule has 0 radical (unpaired) electrons. The first kappa shape index (κ1) is 103. The number of phenols is 3. The van der Waals surface area contributed by atoms with Crippen LogP contribution in [0.5, 0.6) is 28.7 Å². The van der Waals surface area contributed by atoms with Crippen LogP contribution in [0, 0.1) is 27.7 Å². The highest BCUT2D eigenvalue weighted by Gasteiger charge is 2.08. The van der Waals surface area contributed by atoms with Crippen LogP contribution >= 0.6 is 82.3 Å². The van der Waals surface area contributed by atoms with Gasteiger partial charge in [0.2, 0.25) is 0 Å². The van der Waals surface area contributed by atoms with E-state index in [1.807, 2.05) is 104 Å². The van der Waals surface area contributed by atoms with E-state index >= 15 is 0 Å². The fourth-order valence-corrected chi connectivity index (χ4v) is 16.1. The van der Waals surface area contributed by atoms with Crippen LogP contribution in [-0.2, 0) is 33.6 Å². The summed E-state index contributed by atoms with van der Waals surface area (Å²) in [5.41, 5.74) is 4.95. The number of hydrogen-bond donors (Lipinski definition) is 10. The molecule has 0 heterocycles. The maximum absolute atomic E-state index is 10.3. The van der Waals surface area contributed by atoms with E-state index in [0.717, 1.165) is 133 Å². The van der Waals surface area contributed by atoms with Crippen molar-refractivity contribution in [3.8, 4) is 28.7 Å². The van der Waals surface area contributed by atoms with Crippen LogP contribution in [0.4, 0.5) is 0 Å². The van der Waals surface area contributed by atoms with Gasteiger partial charge in [-0.25, -0.2) is 0 Å². The van der Waals surface area contributed by atoms with Crippen LogP contribution < -0.4 is 9.47 Å². The number of carbonyl (C=O) groups is 7. The molecule has 0 fully saturated rings. The summed E-state index contributed by atoms with van der Waals surface area (Å²) in [5, 5.41) is 87.5. The third-order valence-electron chi connectivity index (χ3n) is 15.8. The van der Waals surface area contributed by atoms with E-state index in [4.69, 9.17) is 50.3 Å². The van der Waals surface area contributed by atoms with E-state index < -0.39 is 41.8 Å². The molecule has 0 spiro atoms. The quantitative estimate of drug-likeness (QED) is 0.0125. The van der Waals surface area contributed by atoms with Gasteiger partial charge in [-0.05, 0) is 228 Å². The molecular weight excluding hydrogens is 1570 g/mol. The van der Waals surface area contributed by atoms with Crippen LogP contribution in [-0.4, -0.2) is 147 Å². The van der Waals surface area contributed by atoms with E-state index in [-0.39, 0.29) is 30.8 Å². The lowest BCUT2D eigenvalue weighted by molar-refractivity contribution is -0.138. The second-order valence-electron chi connectivity index (χ2n) is 25.7. The smallest absolute Gasteiger partial charge is 0.313 e. The third-order valence-corrected chi connectivity index (χ3v) is 23.7. The average Bonchev–Trinajstić information content (AvgIpc) is 0.896.